The number of hydrogen-bond acceptors (Lipinski definition) is 3. The van der Waals surface area contributed by atoms with Gasteiger partial charge in [-0.2, -0.15) is 0 Å². The molecule has 1 atom stereocenters. The fraction of sp³-hybridized carbons (Fsp3) is 0.467. The maximum Gasteiger partial charge on any atom is 0.327 e. The van der Waals surface area contributed by atoms with Gasteiger partial charge in [0.1, 0.15) is 6.04 Å². The van der Waals surface area contributed by atoms with E-state index in [2.05, 4.69) is 5.32 Å². The number of urea groups is 1. The second-order valence-electron chi connectivity index (χ2n) is 5.53. The summed E-state index contributed by atoms with van der Waals surface area (Å²) in [5.41, 5.74) is 1.58. The van der Waals surface area contributed by atoms with Gasteiger partial charge < -0.3 is 15.2 Å². The van der Waals surface area contributed by atoms with Crippen LogP contribution < -0.4 is 10.2 Å². The van der Waals surface area contributed by atoms with E-state index in [1.807, 2.05) is 18.2 Å². The average Bonchev–Trinajstić information content (AvgIpc) is 2.81. The van der Waals surface area contributed by atoms with Gasteiger partial charge in [0.05, 0.1) is 6.10 Å². The zero-order valence-electron chi connectivity index (χ0n) is 11.8. The van der Waals surface area contributed by atoms with E-state index in [0.717, 1.165) is 18.4 Å². The van der Waals surface area contributed by atoms with E-state index in [1.54, 1.807) is 13.2 Å². The highest BCUT2D eigenvalue weighted by Crippen LogP contribution is 2.32. The molecule has 2 N–H and O–H groups in total. The Balaban J connectivity index is 1.75. The Morgan fingerprint density at radius 2 is 2.05 bits per heavy atom. The standard InChI is InChI=1S/C15H18N2O4/c1-21-11-7-10(8-11)16-15(20)17-12-5-3-2-4-9(12)6-13(17)14(18)19/h2-5,10-11,13H,6-8H2,1H3,(H,16,20)(H,18,19). The summed E-state index contributed by atoms with van der Waals surface area (Å²) in [6.45, 7) is 0. The highest BCUT2D eigenvalue weighted by atomic mass is 16.5. The number of anilines is 1. The van der Waals surface area contributed by atoms with Gasteiger partial charge in [-0.15, -0.1) is 0 Å². The van der Waals surface area contributed by atoms with Crippen LogP contribution in [0.4, 0.5) is 10.5 Å². The zero-order chi connectivity index (χ0) is 15.0. The van der Waals surface area contributed by atoms with Crippen molar-refractivity contribution in [1.29, 1.82) is 0 Å². The fourth-order valence-electron chi connectivity index (χ4n) is 2.95. The lowest BCUT2D eigenvalue weighted by Crippen LogP contribution is -2.54. The van der Waals surface area contributed by atoms with Gasteiger partial charge in [0.15, 0.2) is 0 Å². The number of aliphatic carboxylic acids is 1. The lowest BCUT2D eigenvalue weighted by molar-refractivity contribution is -0.138. The van der Waals surface area contributed by atoms with Gasteiger partial charge in [0.25, 0.3) is 0 Å². The first-order valence-electron chi connectivity index (χ1n) is 7.03. The second-order valence-corrected chi connectivity index (χ2v) is 5.53. The Morgan fingerprint density at radius 3 is 2.71 bits per heavy atom. The summed E-state index contributed by atoms with van der Waals surface area (Å²) in [6, 6.07) is 6.21. The van der Waals surface area contributed by atoms with Gasteiger partial charge in [-0.3, -0.25) is 4.90 Å². The van der Waals surface area contributed by atoms with Crippen LogP contribution in [-0.2, 0) is 16.0 Å². The molecule has 6 heteroatoms. The average molecular weight is 290 g/mol. The first kappa shape index (κ1) is 13.9. The van der Waals surface area contributed by atoms with E-state index >= 15 is 0 Å². The molecule has 1 aliphatic carbocycles. The molecule has 1 fully saturated rings. The smallest absolute Gasteiger partial charge is 0.327 e. The van der Waals surface area contributed by atoms with E-state index in [0.29, 0.717) is 12.1 Å². The topological polar surface area (TPSA) is 78.9 Å². The number of fused-ring (bicyclic) bond motifs is 1. The van der Waals surface area contributed by atoms with Gasteiger partial charge in [0.2, 0.25) is 0 Å². The first-order chi connectivity index (χ1) is 10.1. The summed E-state index contributed by atoms with van der Waals surface area (Å²) in [6.07, 6.45) is 2.09. The molecule has 0 saturated heterocycles. The van der Waals surface area contributed by atoms with Gasteiger partial charge in [-0.25, -0.2) is 9.59 Å². The van der Waals surface area contributed by atoms with E-state index < -0.39 is 12.0 Å². The number of nitrogens with zero attached hydrogens (tertiary/aromatic N) is 1. The number of nitrogens with one attached hydrogen (secondary N) is 1. The van der Waals surface area contributed by atoms with Crippen LogP contribution in [0.5, 0.6) is 0 Å². The molecular formula is C15H18N2O4. The SMILES string of the molecule is COC1CC(NC(=O)N2c3ccccc3CC2C(=O)O)C1. The third-order valence-electron chi connectivity index (χ3n) is 4.24. The predicted molar refractivity (Wildman–Crippen MR) is 76.4 cm³/mol. The number of carboxylic acid groups (broad SMARTS) is 1. The van der Waals surface area contributed by atoms with Crippen LogP contribution in [-0.4, -0.2) is 42.4 Å². The minimum Gasteiger partial charge on any atom is -0.480 e. The monoisotopic (exact) mass is 290 g/mol. The van der Waals surface area contributed by atoms with Gasteiger partial charge >= 0.3 is 12.0 Å². The number of hydrogen-bond donors (Lipinski definition) is 2. The highest BCUT2D eigenvalue weighted by molar-refractivity contribution is 6.01. The molecule has 112 valence electrons. The predicted octanol–water partition coefficient (Wildman–Crippen LogP) is 1.39. The fourth-order valence-corrected chi connectivity index (χ4v) is 2.95. The maximum atomic E-state index is 12.4. The summed E-state index contributed by atoms with van der Waals surface area (Å²) in [5.74, 6) is -0.982. The van der Waals surface area contributed by atoms with E-state index in [-0.39, 0.29) is 18.2 Å². The molecule has 0 spiro atoms. The highest BCUT2D eigenvalue weighted by Gasteiger charge is 2.40. The van der Waals surface area contributed by atoms with Crippen molar-refractivity contribution < 1.29 is 19.4 Å². The van der Waals surface area contributed by atoms with Crippen molar-refractivity contribution in [3.8, 4) is 0 Å². The molecule has 2 aliphatic rings. The third kappa shape index (κ3) is 2.47. The van der Waals surface area contributed by atoms with Gasteiger partial charge in [0, 0.05) is 25.3 Å². The molecule has 0 bridgehead atoms. The molecule has 0 aromatic heterocycles. The van der Waals surface area contributed by atoms with Crippen molar-refractivity contribution in [3.05, 3.63) is 29.8 Å². The van der Waals surface area contributed by atoms with E-state index in [1.165, 1.54) is 4.90 Å². The normalized spacial score (nSPS) is 26.9. The molecule has 1 aliphatic heterocycles. The summed E-state index contributed by atoms with van der Waals surface area (Å²) >= 11 is 0. The molecule has 3 rings (SSSR count). The summed E-state index contributed by atoms with van der Waals surface area (Å²) < 4.78 is 5.18. The van der Waals surface area contributed by atoms with Crippen molar-refractivity contribution in [2.24, 2.45) is 0 Å². The Bertz CT molecular complexity index is 569. The number of benzene rings is 1. The van der Waals surface area contributed by atoms with Crippen LogP contribution in [0, 0.1) is 0 Å². The number of methoxy groups -OCH3 is 1. The number of amides is 2. The number of para-hydroxylation sites is 1. The molecule has 21 heavy (non-hydrogen) atoms. The number of carboxylic acids is 1. The molecule has 1 unspecified atom stereocenters. The summed E-state index contributed by atoms with van der Waals surface area (Å²) in [5, 5.41) is 12.2. The van der Waals surface area contributed by atoms with Crippen LogP contribution in [0.15, 0.2) is 24.3 Å². The number of ether oxygens (including phenoxy) is 1. The van der Waals surface area contributed by atoms with Crippen molar-refractivity contribution >= 4 is 17.7 Å². The van der Waals surface area contributed by atoms with E-state index in [9.17, 15) is 14.7 Å². The quantitative estimate of drug-likeness (QED) is 0.881. The molecule has 6 nitrogen and oxygen atoms in total. The Labute approximate surface area is 122 Å². The van der Waals surface area contributed by atoms with Crippen LogP contribution in [0.2, 0.25) is 0 Å². The van der Waals surface area contributed by atoms with Gasteiger partial charge in [-0.1, -0.05) is 18.2 Å². The molecule has 1 aromatic carbocycles. The minimum atomic E-state index is -0.982. The molecular weight excluding hydrogens is 272 g/mol. The Kier molecular flexibility index (Phi) is 3.55. The van der Waals surface area contributed by atoms with E-state index in [4.69, 9.17) is 4.74 Å². The number of carbonyl (C=O) groups excluding carboxylic acids is 1. The summed E-state index contributed by atoms with van der Waals surface area (Å²) in [4.78, 5) is 25.2. The Morgan fingerprint density at radius 1 is 1.33 bits per heavy atom. The van der Waals surface area contributed by atoms with Crippen molar-refractivity contribution in [2.45, 2.75) is 37.5 Å². The number of rotatable bonds is 3. The second kappa shape index (κ2) is 5.37. The lowest BCUT2D eigenvalue weighted by Gasteiger charge is -2.36. The van der Waals surface area contributed by atoms with Crippen LogP contribution >= 0.6 is 0 Å². The summed E-state index contributed by atoms with van der Waals surface area (Å²) in [7, 11) is 1.65. The molecule has 2 amide bonds. The first-order valence-corrected chi connectivity index (χ1v) is 7.03. The van der Waals surface area contributed by atoms with Crippen LogP contribution in [0.1, 0.15) is 18.4 Å². The third-order valence-corrected chi connectivity index (χ3v) is 4.24. The van der Waals surface area contributed by atoms with Crippen molar-refractivity contribution in [1.82, 2.24) is 5.32 Å². The van der Waals surface area contributed by atoms with Crippen LogP contribution in [0.25, 0.3) is 0 Å². The molecule has 1 saturated carbocycles. The van der Waals surface area contributed by atoms with Crippen LogP contribution in [0.3, 0.4) is 0 Å². The minimum absolute atomic E-state index is 0.0599. The lowest BCUT2D eigenvalue weighted by atomic mass is 9.89. The van der Waals surface area contributed by atoms with Crippen molar-refractivity contribution in [3.63, 3.8) is 0 Å². The van der Waals surface area contributed by atoms with Crippen molar-refractivity contribution in [2.75, 3.05) is 12.0 Å². The molecule has 1 heterocycles. The Hall–Kier alpha value is -2.08. The maximum absolute atomic E-state index is 12.4. The number of carbonyl (C=O) groups is 2. The largest absolute Gasteiger partial charge is 0.480 e. The molecule has 1 aromatic rings. The molecule has 0 radical (unpaired) electrons. The zero-order valence-corrected chi connectivity index (χ0v) is 11.8. The van der Waals surface area contributed by atoms with Gasteiger partial charge in [-0.05, 0) is 24.5 Å².